The van der Waals surface area contributed by atoms with Gasteiger partial charge in [-0.15, -0.1) is 0 Å². The zero-order valence-electron chi connectivity index (χ0n) is 17.7. The Kier molecular flexibility index (Phi) is 9.20. The first-order valence-electron chi connectivity index (χ1n) is 10.9. The van der Waals surface area contributed by atoms with E-state index in [9.17, 15) is 4.79 Å². The molecule has 0 aliphatic heterocycles. The Morgan fingerprint density at radius 3 is 2.07 bits per heavy atom. The maximum absolute atomic E-state index is 13.0. The van der Waals surface area contributed by atoms with Crippen LogP contribution in [0.4, 0.5) is 0 Å². The summed E-state index contributed by atoms with van der Waals surface area (Å²) in [4.78, 5) is 13.0. The second-order valence-electron chi connectivity index (χ2n) is 7.72. The fourth-order valence-corrected chi connectivity index (χ4v) is 20.9. The molecular weight excluding hydrogens is 441 g/mol. The van der Waals surface area contributed by atoms with Crippen LogP contribution in [0, 0.1) is 0 Å². The molecule has 3 nitrogen and oxygen atoms in total. The zero-order chi connectivity index (χ0) is 19.7. The quantitative estimate of drug-likeness (QED) is 0.270. The van der Waals surface area contributed by atoms with Crippen LogP contribution in [0.1, 0.15) is 76.6 Å². The SMILES string of the molecule is CCC[CH2][Sn]([CH2]CCC)([CH2]CCC)[c]1cn2ccccc2c1C(=O)OCC. The Labute approximate surface area is 169 Å². The van der Waals surface area contributed by atoms with E-state index in [1.165, 1.54) is 55.4 Å². The van der Waals surface area contributed by atoms with Gasteiger partial charge in [0.15, 0.2) is 0 Å². The number of unbranched alkanes of at least 4 members (excludes halogenated alkanes) is 3. The van der Waals surface area contributed by atoms with E-state index in [-0.39, 0.29) is 5.97 Å². The van der Waals surface area contributed by atoms with Crippen molar-refractivity contribution in [3.63, 3.8) is 0 Å². The number of pyridine rings is 1. The molecule has 0 N–H and O–H groups in total. The van der Waals surface area contributed by atoms with Crippen molar-refractivity contribution in [1.29, 1.82) is 0 Å². The van der Waals surface area contributed by atoms with Gasteiger partial charge in [-0.25, -0.2) is 0 Å². The summed E-state index contributed by atoms with van der Waals surface area (Å²) in [6, 6.07) is 6.15. The standard InChI is InChI=1S/C11H10NO2.3C4H9.Sn/c1-2-14-11(13)9-6-8-12-7-4-3-5-10(9)12;3*1-3-4-2;/h3-5,7-8H,2H2,1H3;3*1,3-4H2,2H3;. The average Bonchev–Trinajstić information content (AvgIpc) is 3.08. The Morgan fingerprint density at radius 2 is 1.56 bits per heavy atom. The van der Waals surface area contributed by atoms with Crippen LogP contribution < -0.4 is 3.58 Å². The summed E-state index contributed by atoms with van der Waals surface area (Å²) in [7, 11) is 0. The number of carbonyl (C=O) groups excluding carboxylic acids is 1. The molecule has 0 aliphatic rings. The normalized spacial score (nSPS) is 11.9. The third-order valence-corrected chi connectivity index (χ3v) is 21.3. The summed E-state index contributed by atoms with van der Waals surface area (Å²) in [5.74, 6) is -0.119. The molecule has 150 valence electrons. The van der Waals surface area contributed by atoms with Crippen LogP contribution >= 0.6 is 0 Å². The van der Waals surface area contributed by atoms with Crippen LogP contribution in [0.15, 0.2) is 30.6 Å². The van der Waals surface area contributed by atoms with Crippen LogP contribution in [0.25, 0.3) is 5.52 Å². The summed E-state index contributed by atoms with van der Waals surface area (Å²) in [6.45, 7) is 9.21. The molecule has 0 fully saturated rings. The second kappa shape index (κ2) is 11.1. The van der Waals surface area contributed by atoms with Crippen molar-refractivity contribution in [3.8, 4) is 0 Å². The van der Waals surface area contributed by atoms with Crippen molar-refractivity contribution in [2.24, 2.45) is 0 Å². The molecule has 0 saturated carbocycles. The minimum absolute atomic E-state index is 0.119. The van der Waals surface area contributed by atoms with E-state index in [1.807, 2.05) is 19.1 Å². The number of aromatic nitrogens is 1. The van der Waals surface area contributed by atoms with Gasteiger partial charge in [0.2, 0.25) is 0 Å². The van der Waals surface area contributed by atoms with Gasteiger partial charge in [-0.1, -0.05) is 0 Å². The number of fused-ring (bicyclic) bond motifs is 1. The van der Waals surface area contributed by atoms with E-state index in [0.29, 0.717) is 6.61 Å². The number of nitrogens with zero attached hydrogens (tertiary/aromatic N) is 1. The Hall–Kier alpha value is -0.971. The third kappa shape index (κ3) is 5.30. The fourth-order valence-electron chi connectivity index (χ4n) is 4.27. The predicted octanol–water partition coefficient (Wildman–Crippen LogP) is 6.17. The van der Waals surface area contributed by atoms with Gasteiger partial charge in [0.25, 0.3) is 0 Å². The molecule has 27 heavy (non-hydrogen) atoms. The van der Waals surface area contributed by atoms with Crippen LogP contribution in [0.5, 0.6) is 0 Å². The molecule has 0 aromatic carbocycles. The first-order chi connectivity index (χ1) is 13.1. The van der Waals surface area contributed by atoms with Crippen LogP contribution in [-0.2, 0) is 4.74 Å². The Morgan fingerprint density at radius 1 is 0.963 bits per heavy atom. The van der Waals surface area contributed by atoms with Crippen LogP contribution in [-0.4, -0.2) is 35.4 Å². The van der Waals surface area contributed by atoms with Gasteiger partial charge in [-0.05, 0) is 0 Å². The topological polar surface area (TPSA) is 30.7 Å². The van der Waals surface area contributed by atoms with Gasteiger partial charge in [-0.2, -0.15) is 0 Å². The number of hydrogen-bond donors (Lipinski definition) is 0. The monoisotopic (exact) mass is 479 g/mol. The molecule has 0 radical (unpaired) electrons. The molecule has 0 atom stereocenters. The summed E-state index contributed by atoms with van der Waals surface area (Å²) in [5.41, 5.74) is 1.91. The van der Waals surface area contributed by atoms with E-state index >= 15 is 0 Å². The van der Waals surface area contributed by atoms with Gasteiger partial charge >= 0.3 is 170 Å². The molecule has 4 heteroatoms. The molecule has 2 aromatic heterocycles. The number of ether oxygens (including phenoxy) is 1. The summed E-state index contributed by atoms with van der Waals surface area (Å²) in [5, 5.41) is 0. The second-order valence-corrected chi connectivity index (χ2v) is 20.8. The molecule has 0 aliphatic carbocycles. The average molecular weight is 478 g/mol. The molecular formula is C23H37NO2Sn. The van der Waals surface area contributed by atoms with Gasteiger partial charge < -0.3 is 0 Å². The first-order valence-corrected chi connectivity index (χ1v) is 18.4. The Balaban J connectivity index is 2.65. The van der Waals surface area contributed by atoms with Crippen molar-refractivity contribution in [2.75, 3.05) is 6.61 Å². The number of rotatable bonds is 12. The summed E-state index contributed by atoms with van der Waals surface area (Å²) in [6.07, 6.45) is 12.0. The molecule has 0 amide bonds. The van der Waals surface area contributed by atoms with E-state index in [0.717, 1.165) is 11.1 Å². The zero-order valence-corrected chi connectivity index (χ0v) is 20.6. The van der Waals surface area contributed by atoms with E-state index in [4.69, 9.17) is 4.74 Å². The molecule has 0 spiro atoms. The number of carbonyl (C=O) groups is 1. The van der Waals surface area contributed by atoms with E-state index < -0.39 is 18.4 Å². The van der Waals surface area contributed by atoms with Crippen molar-refractivity contribution in [2.45, 2.75) is 79.5 Å². The summed E-state index contributed by atoms with van der Waals surface area (Å²) >= 11 is -2.72. The minimum atomic E-state index is -2.72. The van der Waals surface area contributed by atoms with Crippen molar-refractivity contribution in [3.05, 3.63) is 36.2 Å². The number of esters is 1. The van der Waals surface area contributed by atoms with E-state index in [2.05, 4.69) is 43.6 Å². The fraction of sp³-hybridized carbons (Fsp3) is 0.609. The van der Waals surface area contributed by atoms with Gasteiger partial charge in [-0.3, -0.25) is 0 Å². The molecule has 0 bridgehead atoms. The van der Waals surface area contributed by atoms with Gasteiger partial charge in [0.1, 0.15) is 0 Å². The van der Waals surface area contributed by atoms with Gasteiger partial charge in [0, 0.05) is 0 Å². The van der Waals surface area contributed by atoms with Crippen LogP contribution in [0.2, 0.25) is 13.3 Å². The first kappa shape index (κ1) is 22.3. The van der Waals surface area contributed by atoms with Crippen LogP contribution in [0.3, 0.4) is 0 Å². The summed E-state index contributed by atoms with van der Waals surface area (Å²) < 4.78 is 13.2. The van der Waals surface area contributed by atoms with Crippen molar-refractivity contribution in [1.82, 2.24) is 4.40 Å². The number of hydrogen-bond acceptors (Lipinski definition) is 2. The maximum atomic E-state index is 13.0. The molecule has 0 unspecified atom stereocenters. The van der Waals surface area contributed by atoms with E-state index in [1.54, 1.807) is 0 Å². The Bertz CT molecular complexity index is 700. The molecule has 2 rings (SSSR count). The third-order valence-electron chi connectivity index (χ3n) is 5.76. The molecule has 2 heterocycles. The molecule has 2 aromatic rings. The molecule has 0 saturated heterocycles. The van der Waals surface area contributed by atoms with Crippen molar-refractivity contribution < 1.29 is 9.53 Å². The van der Waals surface area contributed by atoms with Gasteiger partial charge in [0.05, 0.1) is 0 Å². The predicted molar refractivity (Wildman–Crippen MR) is 118 cm³/mol. The van der Waals surface area contributed by atoms with Crippen molar-refractivity contribution >= 4 is 33.4 Å².